The second kappa shape index (κ2) is 5.84. The standard InChI is InChI=1S/C19H16N4O/c1-24-13-7-5-12(6-8-13)17-15-4-2-3-14(15)16(9-20)18(23)19(17,10-21)11-22/h3,5-8,15-17,23H,2,4H2,1H3/t15-,16-,17-/m1/s1. The molecule has 2 aliphatic carbocycles. The van der Waals surface area contributed by atoms with Gasteiger partial charge < -0.3 is 10.1 Å². The topological polar surface area (TPSA) is 104 Å². The Morgan fingerprint density at radius 2 is 1.83 bits per heavy atom. The highest BCUT2D eigenvalue weighted by Crippen LogP contribution is 2.55. The lowest BCUT2D eigenvalue weighted by atomic mass is 9.55. The van der Waals surface area contributed by atoms with Crippen molar-refractivity contribution in [2.75, 3.05) is 7.11 Å². The van der Waals surface area contributed by atoms with Gasteiger partial charge in [0.05, 0.1) is 31.0 Å². The van der Waals surface area contributed by atoms with Crippen molar-refractivity contribution in [3.05, 3.63) is 41.5 Å². The predicted molar refractivity (Wildman–Crippen MR) is 87.0 cm³/mol. The molecular formula is C19H16N4O. The van der Waals surface area contributed by atoms with Crippen molar-refractivity contribution in [3.63, 3.8) is 0 Å². The van der Waals surface area contributed by atoms with Crippen molar-refractivity contribution in [2.45, 2.75) is 18.8 Å². The van der Waals surface area contributed by atoms with Gasteiger partial charge >= 0.3 is 0 Å². The van der Waals surface area contributed by atoms with Crippen LogP contribution >= 0.6 is 0 Å². The van der Waals surface area contributed by atoms with E-state index in [2.05, 4.69) is 18.2 Å². The predicted octanol–water partition coefficient (Wildman–Crippen LogP) is 3.32. The quantitative estimate of drug-likeness (QED) is 0.845. The lowest BCUT2D eigenvalue weighted by molar-refractivity contribution is 0.354. The highest BCUT2D eigenvalue weighted by molar-refractivity contribution is 6.00. The lowest BCUT2D eigenvalue weighted by Gasteiger charge is -2.42. The molecule has 3 atom stereocenters. The Morgan fingerprint density at radius 1 is 1.17 bits per heavy atom. The van der Waals surface area contributed by atoms with Crippen LogP contribution in [0, 0.1) is 56.7 Å². The molecule has 0 aromatic heterocycles. The van der Waals surface area contributed by atoms with Gasteiger partial charge in [-0.25, -0.2) is 0 Å². The Kier molecular flexibility index (Phi) is 3.84. The lowest BCUT2D eigenvalue weighted by Crippen LogP contribution is -2.47. The number of methoxy groups -OCH3 is 1. The summed E-state index contributed by atoms with van der Waals surface area (Å²) in [5.74, 6) is -0.576. The minimum Gasteiger partial charge on any atom is -0.497 e. The number of ether oxygens (including phenoxy) is 1. The molecule has 0 radical (unpaired) electrons. The van der Waals surface area contributed by atoms with E-state index in [9.17, 15) is 15.8 Å². The summed E-state index contributed by atoms with van der Waals surface area (Å²) >= 11 is 0. The van der Waals surface area contributed by atoms with Crippen LogP contribution in [0.15, 0.2) is 35.9 Å². The number of hydrogen-bond donors (Lipinski definition) is 1. The van der Waals surface area contributed by atoms with Gasteiger partial charge in [-0.05, 0) is 42.0 Å². The van der Waals surface area contributed by atoms with Crippen LogP contribution in [-0.2, 0) is 0 Å². The van der Waals surface area contributed by atoms with Crippen molar-refractivity contribution >= 4 is 5.71 Å². The van der Waals surface area contributed by atoms with E-state index in [0.717, 1.165) is 24.0 Å². The molecule has 1 fully saturated rings. The van der Waals surface area contributed by atoms with E-state index in [1.54, 1.807) is 19.2 Å². The summed E-state index contributed by atoms with van der Waals surface area (Å²) in [4.78, 5) is 0. The summed E-state index contributed by atoms with van der Waals surface area (Å²) in [7, 11) is 1.58. The van der Waals surface area contributed by atoms with Gasteiger partial charge in [0, 0.05) is 5.92 Å². The minimum atomic E-state index is -1.61. The third-order valence-electron chi connectivity index (χ3n) is 5.16. The largest absolute Gasteiger partial charge is 0.497 e. The monoisotopic (exact) mass is 316 g/mol. The van der Waals surface area contributed by atoms with E-state index >= 15 is 0 Å². The molecule has 1 N–H and O–H groups in total. The fraction of sp³-hybridized carbons (Fsp3) is 0.368. The molecule has 24 heavy (non-hydrogen) atoms. The number of allylic oxidation sites excluding steroid dienone is 2. The van der Waals surface area contributed by atoms with Crippen molar-refractivity contribution in [1.82, 2.24) is 0 Å². The molecule has 0 amide bonds. The van der Waals surface area contributed by atoms with Gasteiger partial charge in [-0.3, -0.25) is 0 Å². The van der Waals surface area contributed by atoms with Crippen LogP contribution in [0.1, 0.15) is 24.3 Å². The van der Waals surface area contributed by atoms with Crippen LogP contribution in [0.5, 0.6) is 5.75 Å². The number of rotatable bonds is 2. The van der Waals surface area contributed by atoms with E-state index < -0.39 is 17.3 Å². The van der Waals surface area contributed by atoms with Gasteiger partial charge in [-0.1, -0.05) is 18.2 Å². The van der Waals surface area contributed by atoms with E-state index in [0.29, 0.717) is 5.75 Å². The highest BCUT2D eigenvalue weighted by atomic mass is 16.5. The molecule has 0 bridgehead atoms. The number of nitrogens with one attached hydrogen (secondary N) is 1. The van der Waals surface area contributed by atoms with Gasteiger partial charge in [0.15, 0.2) is 5.41 Å². The molecule has 3 rings (SSSR count). The van der Waals surface area contributed by atoms with E-state index in [4.69, 9.17) is 10.1 Å². The van der Waals surface area contributed by atoms with Crippen LogP contribution < -0.4 is 4.74 Å². The van der Waals surface area contributed by atoms with Crippen molar-refractivity contribution in [1.29, 1.82) is 21.2 Å². The fourth-order valence-corrected chi connectivity index (χ4v) is 4.02. The Balaban J connectivity index is 2.19. The Hall–Kier alpha value is -3.10. The molecule has 0 heterocycles. The molecule has 0 unspecified atom stereocenters. The first-order chi connectivity index (χ1) is 11.6. The highest BCUT2D eigenvalue weighted by Gasteiger charge is 2.57. The summed E-state index contributed by atoms with van der Waals surface area (Å²) in [5, 5.41) is 37.5. The molecule has 2 aliphatic rings. The average Bonchev–Trinajstić information content (AvgIpc) is 3.09. The van der Waals surface area contributed by atoms with E-state index in [1.807, 2.05) is 18.2 Å². The van der Waals surface area contributed by atoms with Crippen molar-refractivity contribution in [3.8, 4) is 24.0 Å². The second-order valence-electron chi connectivity index (χ2n) is 6.15. The molecule has 5 nitrogen and oxygen atoms in total. The zero-order chi connectivity index (χ0) is 17.3. The molecule has 5 heteroatoms. The van der Waals surface area contributed by atoms with Crippen LogP contribution in [0.3, 0.4) is 0 Å². The van der Waals surface area contributed by atoms with Crippen LogP contribution in [0.2, 0.25) is 0 Å². The van der Waals surface area contributed by atoms with Gasteiger partial charge in [0.1, 0.15) is 11.7 Å². The molecule has 0 spiro atoms. The summed E-state index contributed by atoms with van der Waals surface area (Å²) in [5.41, 5.74) is 0.0175. The van der Waals surface area contributed by atoms with E-state index in [-0.39, 0.29) is 11.6 Å². The Morgan fingerprint density at radius 3 is 2.38 bits per heavy atom. The number of nitriles is 3. The zero-order valence-electron chi connectivity index (χ0n) is 13.3. The summed E-state index contributed by atoms with van der Waals surface area (Å²) < 4.78 is 5.18. The minimum absolute atomic E-state index is 0.0588. The van der Waals surface area contributed by atoms with Crippen LogP contribution in [0.4, 0.5) is 0 Å². The second-order valence-corrected chi connectivity index (χ2v) is 6.15. The summed E-state index contributed by atoms with van der Waals surface area (Å²) in [6.45, 7) is 0. The smallest absolute Gasteiger partial charge is 0.189 e. The number of hydrogen-bond acceptors (Lipinski definition) is 5. The molecule has 0 aliphatic heterocycles. The van der Waals surface area contributed by atoms with Gasteiger partial charge in [0.25, 0.3) is 0 Å². The zero-order valence-corrected chi connectivity index (χ0v) is 13.3. The van der Waals surface area contributed by atoms with Gasteiger partial charge in [-0.15, -0.1) is 0 Å². The fourth-order valence-electron chi connectivity index (χ4n) is 4.02. The number of fused-ring (bicyclic) bond motifs is 1. The average molecular weight is 316 g/mol. The van der Waals surface area contributed by atoms with E-state index in [1.165, 1.54) is 0 Å². The SMILES string of the molecule is COc1ccc([C@@H]2[C@@H]3CCC=C3[C@@H](C#N)C(=N)C2(C#N)C#N)cc1. The molecule has 1 saturated carbocycles. The maximum absolute atomic E-state index is 9.81. The molecule has 118 valence electrons. The first-order valence-electron chi connectivity index (χ1n) is 7.78. The van der Waals surface area contributed by atoms with Gasteiger partial charge in [-0.2, -0.15) is 15.8 Å². The normalized spacial score (nSPS) is 27.2. The molecule has 0 saturated heterocycles. The summed E-state index contributed by atoms with van der Waals surface area (Å²) in [6, 6.07) is 13.6. The van der Waals surface area contributed by atoms with Crippen LogP contribution in [-0.4, -0.2) is 12.8 Å². The van der Waals surface area contributed by atoms with Gasteiger partial charge in [0.2, 0.25) is 0 Å². The first kappa shape index (κ1) is 15.8. The maximum atomic E-state index is 9.81. The third kappa shape index (κ3) is 2.01. The van der Waals surface area contributed by atoms with Crippen molar-refractivity contribution in [2.24, 2.45) is 17.3 Å². The first-order valence-corrected chi connectivity index (χ1v) is 7.78. The molecule has 1 aromatic rings. The number of benzene rings is 1. The Labute approximate surface area is 140 Å². The summed E-state index contributed by atoms with van der Waals surface area (Å²) in [6.07, 6.45) is 3.61. The number of nitrogens with zero attached hydrogens (tertiary/aromatic N) is 3. The van der Waals surface area contributed by atoms with Crippen LogP contribution in [0.25, 0.3) is 0 Å². The molecular weight excluding hydrogens is 300 g/mol. The Bertz CT molecular complexity index is 818. The maximum Gasteiger partial charge on any atom is 0.189 e. The molecule has 1 aromatic carbocycles. The third-order valence-corrected chi connectivity index (χ3v) is 5.16. The van der Waals surface area contributed by atoms with Crippen molar-refractivity contribution < 1.29 is 4.74 Å².